The molecule has 1 saturated heterocycles. The third-order valence-electron chi connectivity index (χ3n) is 7.92. The van der Waals surface area contributed by atoms with Gasteiger partial charge in [-0.05, 0) is 69.0 Å². The number of halogens is 3. The quantitative estimate of drug-likeness (QED) is 0.169. The predicted octanol–water partition coefficient (Wildman–Crippen LogP) is 8.46. The van der Waals surface area contributed by atoms with Crippen molar-refractivity contribution >= 4 is 25.1 Å². The molecule has 6 nitrogen and oxygen atoms in total. The van der Waals surface area contributed by atoms with Crippen molar-refractivity contribution in [2.24, 2.45) is 0 Å². The van der Waals surface area contributed by atoms with E-state index in [1.165, 1.54) is 12.1 Å². The van der Waals surface area contributed by atoms with Crippen LogP contribution >= 0.6 is 0 Å². The second-order valence-corrected chi connectivity index (χ2v) is 19.4. The van der Waals surface area contributed by atoms with Crippen LogP contribution in [0.1, 0.15) is 50.3 Å². The molecule has 0 bridgehead atoms. The number of likely N-dealkylation sites (tertiary alicyclic amines) is 1. The van der Waals surface area contributed by atoms with Crippen LogP contribution in [-0.4, -0.2) is 55.5 Å². The van der Waals surface area contributed by atoms with Gasteiger partial charge in [-0.15, -0.1) is 0 Å². The fraction of sp³-hybridized carbons (Fsp3) is 0.545. The van der Waals surface area contributed by atoms with Gasteiger partial charge in [0, 0.05) is 44.8 Å². The highest BCUT2D eigenvalue weighted by Gasteiger charge is 2.39. The van der Waals surface area contributed by atoms with Gasteiger partial charge in [-0.1, -0.05) is 50.0 Å². The first kappa shape index (κ1) is 33.1. The van der Waals surface area contributed by atoms with Crippen LogP contribution in [0, 0.1) is 0 Å². The molecule has 0 radical (unpaired) electrons. The van der Waals surface area contributed by atoms with E-state index in [0.29, 0.717) is 50.2 Å². The normalized spacial score (nSPS) is 16.1. The molecule has 3 aromatic rings. The Kier molecular flexibility index (Phi) is 10.0. The molecule has 10 heteroatoms. The summed E-state index contributed by atoms with van der Waals surface area (Å²) in [6, 6.07) is 15.2. The largest absolute Gasteiger partial charge is 0.444 e. The van der Waals surface area contributed by atoms with Gasteiger partial charge in [-0.25, -0.2) is 4.79 Å². The third kappa shape index (κ3) is 8.86. The summed E-state index contributed by atoms with van der Waals surface area (Å²) in [5, 5.41) is 0.718. The number of aromatic nitrogens is 1. The lowest BCUT2D eigenvalue weighted by atomic mass is 9.73. The van der Waals surface area contributed by atoms with Gasteiger partial charge in [0.25, 0.3) is 0 Å². The average molecular weight is 619 g/mol. The number of amides is 1. The number of hydrogen-bond donors (Lipinski definition) is 0. The maximum Gasteiger partial charge on any atom is 0.416 e. The fourth-order valence-corrected chi connectivity index (χ4v) is 6.17. The number of benzene rings is 2. The summed E-state index contributed by atoms with van der Waals surface area (Å²) in [5.74, 6) is 0. The van der Waals surface area contributed by atoms with E-state index in [4.69, 9.17) is 14.2 Å². The van der Waals surface area contributed by atoms with Crippen molar-refractivity contribution < 1.29 is 32.2 Å². The van der Waals surface area contributed by atoms with Crippen molar-refractivity contribution in [2.45, 2.75) is 89.8 Å². The summed E-state index contributed by atoms with van der Waals surface area (Å²) in [4.78, 5) is 14.4. The molecule has 0 unspecified atom stereocenters. The minimum absolute atomic E-state index is 0.0330. The Morgan fingerprint density at radius 3 is 2.26 bits per heavy atom. The monoisotopic (exact) mass is 618 g/mol. The van der Waals surface area contributed by atoms with Crippen molar-refractivity contribution in [3.8, 4) is 0 Å². The lowest BCUT2D eigenvalue weighted by molar-refractivity contribution is -0.137. The van der Waals surface area contributed by atoms with Gasteiger partial charge in [0.2, 0.25) is 0 Å². The molecule has 43 heavy (non-hydrogen) atoms. The molecule has 0 spiro atoms. The molecule has 0 atom stereocenters. The molecular weight excluding hydrogens is 573 g/mol. The second kappa shape index (κ2) is 13.0. The first-order valence-electron chi connectivity index (χ1n) is 14.9. The van der Waals surface area contributed by atoms with Crippen LogP contribution in [0.4, 0.5) is 18.0 Å². The molecule has 236 valence electrons. The zero-order valence-electron chi connectivity index (χ0n) is 26.2. The molecule has 1 aliphatic heterocycles. The second-order valence-electron chi connectivity index (χ2n) is 13.8. The van der Waals surface area contributed by atoms with Crippen molar-refractivity contribution in [3.63, 3.8) is 0 Å². The number of piperidine rings is 1. The summed E-state index contributed by atoms with van der Waals surface area (Å²) in [5.41, 5.74) is 0.392. The summed E-state index contributed by atoms with van der Waals surface area (Å²) >= 11 is 0. The van der Waals surface area contributed by atoms with Crippen LogP contribution in [0.3, 0.4) is 0 Å². The maximum atomic E-state index is 14.0. The Morgan fingerprint density at radius 1 is 0.977 bits per heavy atom. The average Bonchev–Trinajstić information content (AvgIpc) is 3.33. The molecular formula is C33H45F3N2O4Si. The van der Waals surface area contributed by atoms with Crippen LogP contribution in [0.2, 0.25) is 25.7 Å². The summed E-state index contributed by atoms with van der Waals surface area (Å²) < 4.78 is 61.3. The van der Waals surface area contributed by atoms with Gasteiger partial charge >= 0.3 is 12.3 Å². The van der Waals surface area contributed by atoms with Gasteiger partial charge in [-0.2, -0.15) is 13.2 Å². The number of hydrogen-bond acceptors (Lipinski definition) is 4. The van der Waals surface area contributed by atoms with Crippen LogP contribution < -0.4 is 0 Å². The van der Waals surface area contributed by atoms with Gasteiger partial charge in [0.1, 0.15) is 12.3 Å². The Balaban J connectivity index is 1.52. The highest BCUT2D eigenvalue weighted by atomic mass is 28.3. The highest BCUT2D eigenvalue weighted by molar-refractivity contribution is 6.76. The molecule has 0 saturated carbocycles. The van der Waals surface area contributed by atoms with Gasteiger partial charge in [0.15, 0.2) is 0 Å². The maximum absolute atomic E-state index is 14.0. The Labute approximate surface area is 254 Å². The van der Waals surface area contributed by atoms with E-state index >= 15 is 0 Å². The zero-order chi connectivity index (χ0) is 31.5. The Hall–Kier alpha value is -2.82. The van der Waals surface area contributed by atoms with Crippen LogP contribution in [-0.2, 0) is 39.1 Å². The van der Waals surface area contributed by atoms with E-state index in [0.717, 1.165) is 17.0 Å². The molecule has 0 aliphatic carbocycles. The van der Waals surface area contributed by atoms with Crippen LogP contribution in [0.25, 0.3) is 10.9 Å². The number of rotatable bonds is 10. The number of carbonyl (C=O) groups excluding carboxylic acids is 1. The minimum Gasteiger partial charge on any atom is -0.444 e. The van der Waals surface area contributed by atoms with E-state index in [9.17, 15) is 18.0 Å². The number of nitrogens with zero attached hydrogens (tertiary/aromatic N) is 2. The predicted molar refractivity (Wildman–Crippen MR) is 166 cm³/mol. The van der Waals surface area contributed by atoms with Crippen molar-refractivity contribution in [1.29, 1.82) is 0 Å². The van der Waals surface area contributed by atoms with Gasteiger partial charge < -0.3 is 23.7 Å². The molecule has 0 N–H and O–H groups in total. The summed E-state index contributed by atoms with van der Waals surface area (Å²) in [6.45, 7) is 14.4. The number of alkyl halides is 3. The standard InChI is InChI=1S/C33H45F3N2O4Si/c1-31(2,3)42-30(39)37-16-13-32(14-17-37,26-10-8-7-9-11-26)23-41-22-25-20-27(33(34,35)36)21-29-28(25)12-15-38(29)24-40-18-19-43(4,5)6/h7-12,15,20-21H,13-14,16-19,22-24H2,1-6H3. The summed E-state index contributed by atoms with van der Waals surface area (Å²) in [6.07, 6.45) is -1.74. The van der Waals surface area contributed by atoms with E-state index in [2.05, 4.69) is 31.8 Å². The number of fused-ring (bicyclic) bond motifs is 1. The third-order valence-corrected chi connectivity index (χ3v) is 9.63. The number of ether oxygens (including phenoxy) is 3. The van der Waals surface area contributed by atoms with E-state index in [1.807, 2.05) is 45.0 Å². The minimum atomic E-state index is -4.49. The van der Waals surface area contributed by atoms with E-state index in [-0.39, 0.29) is 24.8 Å². The van der Waals surface area contributed by atoms with Crippen molar-refractivity contribution in [2.75, 3.05) is 26.3 Å². The van der Waals surface area contributed by atoms with Crippen LogP contribution in [0.15, 0.2) is 54.7 Å². The van der Waals surface area contributed by atoms with Crippen LogP contribution in [0.5, 0.6) is 0 Å². The zero-order valence-corrected chi connectivity index (χ0v) is 27.2. The first-order valence-corrected chi connectivity index (χ1v) is 18.7. The molecule has 1 amide bonds. The van der Waals surface area contributed by atoms with E-state index < -0.39 is 25.4 Å². The lowest BCUT2D eigenvalue weighted by Crippen LogP contribution is -2.48. The molecule has 1 fully saturated rings. The molecule has 2 aromatic carbocycles. The fourth-order valence-electron chi connectivity index (χ4n) is 5.42. The molecule has 4 rings (SSSR count). The smallest absolute Gasteiger partial charge is 0.416 e. The summed E-state index contributed by atoms with van der Waals surface area (Å²) in [7, 11) is -1.28. The lowest BCUT2D eigenvalue weighted by Gasteiger charge is -2.42. The number of carbonyl (C=O) groups is 1. The van der Waals surface area contributed by atoms with E-state index in [1.54, 1.807) is 15.7 Å². The molecule has 2 heterocycles. The first-order chi connectivity index (χ1) is 20.1. The Bertz CT molecular complexity index is 1370. The van der Waals surface area contributed by atoms with Gasteiger partial charge in [0.05, 0.1) is 24.3 Å². The highest BCUT2D eigenvalue weighted by Crippen LogP contribution is 2.38. The molecule has 1 aliphatic rings. The van der Waals surface area contributed by atoms with Gasteiger partial charge in [-0.3, -0.25) is 0 Å². The van der Waals surface area contributed by atoms with Crippen molar-refractivity contribution in [3.05, 3.63) is 71.4 Å². The Morgan fingerprint density at radius 2 is 1.65 bits per heavy atom. The molecule has 1 aromatic heterocycles. The SMILES string of the molecule is CC(C)(C)OC(=O)N1CCC(COCc2cc(C(F)(F)F)cc3c2ccn3COCC[Si](C)(C)C)(c2ccccc2)CC1. The van der Waals surface area contributed by atoms with Crippen molar-refractivity contribution in [1.82, 2.24) is 9.47 Å². The topological polar surface area (TPSA) is 52.9 Å².